The zero-order valence-corrected chi connectivity index (χ0v) is 8.86. The third-order valence-corrected chi connectivity index (χ3v) is 1.88. The van der Waals surface area contributed by atoms with Crippen LogP contribution in [0.25, 0.3) is 0 Å². The highest BCUT2D eigenvalue weighted by molar-refractivity contribution is 5.98. The Morgan fingerprint density at radius 2 is 1.75 bits per heavy atom. The van der Waals surface area contributed by atoms with Crippen molar-refractivity contribution in [3.63, 3.8) is 0 Å². The van der Waals surface area contributed by atoms with Crippen LogP contribution in [0.1, 0.15) is 51.9 Å². The Labute approximate surface area is 79.4 Å². The average molecular weight is 181 g/mol. The molecule has 2 heteroatoms. The summed E-state index contributed by atoms with van der Waals surface area (Å²) < 4.78 is 4.43. The Kier molecular flexibility index (Phi) is 10.2. The summed E-state index contributed by atoms with van der Waals surface area (Å²) in [6.45, 7) is 2.23. The fourth-order valence-electron chi connectivity index (χ4n) is 1.08. The monoisotopic (exact) mass is 181 g/mol. The summed E-state index contributed by atoms with van der Waals surface area (Å²) >= 11 is 0. The second kappa shape index (κ2) is 10.6. The second-order valence-electron chi connectivity index (χ2n) is 2.90. The fourth-order valence-corrected chi connectivity index (χ4v) is 1.15. The van der Waals surface area contributed by atoms with Crippen molar-refractivity contribution in [2.45, 2.75) is 51.9 Å². The Balaban J connectivity index is 2.91. The Morgan fingerprint density at radius 3 is 2.42 bits per heavy atom. The summed E-state index contributed by atoms with van der Waals surface area (Å²) in [7, 11) is 2.82. The highest BCUT2D eigenvalue weighted by Gasteiger charge is 1.87. The highest BCUT2D eigenvalue weighted by atomic mass is 28.2. The van der Waals surface area contributed by atoms with Gasteiger partial charge < -0.3 is 4.43 Å². The van der Waals surface area contributed by atoms with Gasteiger partial charge in [-0.1, -0.05) is 44.9 Å². The summed E-state index contributed by atoms with van der Waals surface area (Å²) in [6, 6.07) is 0. The van der Waals surface area contributed by atoms with Crippen molar-refractivity contribution in [3.8, 4) is 12.0 Å². The van der Waals surface area contributed by atoms with Gasteiger partial charge in [-0.05, 0) is 6.42 Å². The molecule has 1 nitrogen and oxygen atoms in total. The van der Waals surface area contributed by atoms with Crippen LogP contribution in [0.5, 0.6) is 0 Å². The van der Waals surface area contributed by atoms with Gasteiger partial charge in [0, 0.05) is 6.42 Å². The van der Waals surface area contributed by atoms with Crippen molar-refractivity contribution in [3.05, 3.63) is 0 Å². The first-order chi connectivity index (χ1) is 5.91. The third kappa shape index (κ3) is 9.58. The zero-order chi connectivity index (χ0) is 9.07. The van der Waals surface area contributed by atoms with Crippen molar-refractivity contribution in [1.82, 2.24) is 0 Å². The molecule has 0 rings (SSSR count). The summed E-state index contributed by atoms with van der Waals surface area (Å²) in [4.78, 5) is 0. The molecule has 0 spiro atoms. The van der Waals surface area contributed by atoms with Gasteiger partial charge in [-0.15, -0.1) is 0 Å². The van der Waals surface area contributed by atoms with E-state index in [9.17, 15) is 0 Å². The van der Waals surface area contributed by atoms with Crippen molar-refractivity contribution < 1.29 is 4.43 Å². The smallest absolute Gasteiger partial charge is 0.359 e. The molecule has 0 saturated carbocycles. The van der Waals surface area contributed by atoms with Gasteiger partial charge in [-0.3, -0.25) is 0 Å². The van der Waals surface area contributed by atoms with Crippen LogP contribution in [0.2, 0.25) is 0 Å². The summed E-state index contributed by atoms with van der Waals surface area (Å²) in [6.07, 6.45) is 11.4. The number of hydrogen-bond acceptors (Lipinski definition) is 1. The molecule has 0 fully saturated rings. The quantitative estimate of drug-likeness (QED) is 0.348. The maximum atomic E-state index is 4.43. The zero-order valence-electron chi connectivity index (χ0n) is 7.86. The molecule has 0 aromatic carbocycles. The number of hydrogen-bond donors (Lipinski definition) is 0. The molecule has 0 atom stereocenters. The molecular formula is C10H17OSi. The maximum absolute atomic E-state index is 4.43. The van der Waals surface area contributed by atoms with E-state index in [1.54, 1.807) is 0 Å². The van der Waals surface area contributed by atoms with Gasteiger partial charge in [-0.25, -0.2) is 0 Å². The first-order valence-electron chi connectivity index (χ1n) is 4.72. The average Bonchev–Trinajstić information content (AvgIpc) is 2.10. The fraction of sp³-hybridized carbons (Fsp3) is 0.800. The highest BCUT2D eigenvalue weighted by Crippen LogP contribution is 2.05. The minimum atomic E-state index is 0.955. The lowest BCUT2D eigenvalue weighted by Gasteiger charge is -1.96. The summed E-state index contributed by atoms with van der Waals surface area (Å²) in [5, 5.41) is 0. The van der Waals surface area contributed by atoms with Gasteiger partial charge in [0.15, 0.2) is 0 Å². The SMILES string of the molecule is CCCCCCCCC#CO[Si]. The Bertz CT molecular complexity index is 135. The molecular weight excluding hydrogens is 164 g/mol. The van der Waals surface area contributed by atoms with E-state index in [0.717, 1.165) is 6.42 Å². The lowest BCUT2D eigenvalue weighted by molar-refractivity contribution is 0.575. The van der Waals surface area contributed by atoms with E-state index in [2.05, 4.69) is 33.9 Å². The molecule has 0 aromatic rings. The van der Waals surface area contributed by atoms with Crippen LogP contribution in [0, 0.1) is 12.0 Å². The van der Waals surface area contributed by atoms with Crippen molar-refractivity contribution in [2.75, 3.05) is 0 Å². The minimum Gasteiger partial charge on any atom is -0.500 e. The van der Waals surface area contributed by atoms with E-state index in [0.29, 0.717) is 0 Å². The van der Waals surface area contributed by atoms with Crippen molar-refractivity contribution >= 4 is 10.5 Å². The molecule has 0 aromatic heterocycles. The molecule has 0 aliphatic rings. The van der Waals surface area contributed by atoms with Crippen molar-refractivity contribution in [2.24, 2.45) is 0 Å². The molecule has 12 heavy (non-hydrogen) atoms. The molecule has 0 heterocycles. The van der Waals surface area contributed by atoms with E-state index < -0.39 is 0 Å². The molecule has 3 radical (unpaired) electrons. The Morgan fingerprint density at radius 1 is 1.08 bits per heavy atom. The van der Waals surface area contributed by atoms with E-state index in [-0.39, 0.29) is 0 Å². The van der Waals surface area contributed by atoms with Crippen LogP contribution < -0.4 is 0 Å². The van der Waals surface area contributed by atoms with Crippen LogP contribution in [-0.4, -0.2) is 10.5 Å². The normalized spacial score (nSPS) is 8.83. The Hall–Kier alpha value is -0.423. The van der Waals surface area contributed by atoms with Crippen LogP contribution >= 0.6 is 0 Å². The number of unbranched alkanes of at least 4 members (excludes halogenated alkanes) is 6. The van der Waals surface area contributed by atoms with Gasteiger partial charge >= 0.3 is 10.5 Å². The molecule has 0 amide bonds. The molecule has 67 valence electrons. The summed E-state index contributed by atoms with van der Waals surface area (Å²) in [5.74, 6) is 2.91. The lowest BCUT2D eigenvalue weighted by atomic mass is 10.1. The number of rotatable bonds is 6. The molecule has 0 unspecified atom stereocenters. The third-order valence-electron chi connectivity index (χ3n) is 1.78. The van der Waals surface area contributed by atoms with Gasteiger partial charge in [-0.2, -0.15) is 0 Å². The van der Waals surface area contributed by atoms with Crippen LogP contribution in [0.4, 0.5) is 0 Å². The molecule has 0 N–H and O–H groups in total. The van der Waals surface area contributed by atoms with E-state index in [4.69, 9.17) is 0 Å². The predicted octanol–water partition coefficient (Wildman–Crippen LogP) is 2.80. The van der Waals surface area contributed by atoms with Gasteiger partial charge in [0.25, 0.3) is 0 Å². The maximum Gasteiger partial charge on any atom is 0.359 e. The van der Waals surface area contributed by atoms with E-state index in [1.165, 1.54) is 38.5 Å². The first-order valence-corrected chi connectivity index (χ1v) is 5.13. The molecule has 0 aliphatic carbocycles. The van der Waals surface area contributed by atoms with Crippen LogP contribution in [0.3, 0.4) is 0 Å². The van der Waals surface area contributed by atoms with E-state index >= 15 is 0 Å². The minimum absolute atomic E-state index is 0.955. The van der Waals surface area contributed by atoms with Gasteiger partial charge in [0.05, 0.1) is 6.11 Å². The molecule has 0 bridgehead atoms. The van der Waals surface area contributed by atoms with Gasteiger partial charge in [0.1, 0.15) is 0 Å². The first kappa shape index (κ1) is 11.6. The summed E-state index contributed by atoms with van der Waals surface area (Å²) in [5.41, 5.74) is 0. The van der Waals surface area contributed by atoms with Crippen LogP contribution in [0.15, 0.2) is 0 Å². The van der Waals surface area contributed by atoms with Crippen molar-refractivity contribution in [1.29, 1.82) is 0 Å². The topological polar surface area (TPSA) is 9.23 Å². The van der Waals surface area contributed by atoms with Crippen LogP contribution in [-0.2, 0) is 4.43 Å². The second-order valence-corrected chi connectivity index (χ2v) is 3.10. The molecule has 0 saturated heterocycles. The largest absolute Gasteiger partial charge is 0.500 e. The van der Waals surface area contributed by atoms with E-state index in [1.807, 2.05) is 0 Å². The molecule has 0 aliphatic heterocycles. The standard InChI is InChI=1S/C10H17OSi/c1-2-3-4-5-6-7-8-9-10-11-12/h2-8H2,1H3. The predicted molar refractivity (Wildman–Crippen MR) is 52.6 cm³/mol. The van der Waals surface area contributed by atoms with Gasteiger partial charge in [0.2, 0.25) is 0 Å². The lowest BCUT2D eigenvalue weighted by Crippen LogP contribution is -1.78.